The fraction of sp³-hybridized carbons (Fsp3) is 0.562. The predicted octanol–water partition coefficient (Wildman–Crippen LogP) is 2.92. The van der Waals surface area contributed by atoms with Gasteiger partial charge >= 0.3 is 0 Å². The van der Waals surface area contributed by atoms with Gasteiger partial charge in [-0.25, -0.2) is 4.98 Å². The molecule has 0 aromatic carbocycles. The molecule has 0 unspecified atom stereocenters. The first kappa shape index (κ1) is 16.1. The first-order valence-corrected chi connectivity index (χ1v) is 8.88. The van der Waals surface area contributed by atoms with E-state index in [1.165, 1.54) is 30.6 Å². The molecule has 0 bridgehead atoms. The standard InChI is InChI=1S/C16H22N4O2S/c1-11-14(12(2)22-19-11)8-15(21)18-16-17-13(10-23-16)9-20-6-4-3-5-7-20/h10H,3-9H2,1-2H3,(H,17,18,21). The maximum atomic E-state index is 12.2. The van der Waals surface area contributed by atoms with Gasteiger partial charge in [-0.15, -0.1) is 11.3 Å². The van der Waals surface area contributed by atoms with Crippen LogP contribution in [0, 0.1) is 13.8 Å². The van der Waals surface area contributed by atoms with Crippen molar-refractivity contribution >= 4 is 22.4 Å². The van der Waals surface area contributed by atoms with Crippen LogP contribution in [0.25, 0.3) is 0 Å². The number of amides is 1. The maximum Gasteiger partial charge on any atom is 0.230 e. The number of aryl methyl sites for hydroxylation is 2. The average Bonchev–Trinajstić information content (AvgIpc) is 3.09. The Balaban J connectivity index is 1.55. The third-order valence-corrected chi connectivity index (χ3v) is 4.96. The topological polar surface area (TPSA) is 71.3 Å². The molecular formula is C16H22N4O2S. The second-order valence-corrected chi connectivity index (χ2v) is 6.87. The van der Waals surface area contributed by atoms with Gasteiger partial charge in [0.05, 0.1) is 17.8 Å². The fourth-order valence-corrected chi connectivity index (χ4v) is 3.58. The van der Waals surface area contributed by atoms with Gasteiger partial charge < -0.3 is 9.84 Å². The molecule has 0 aliphatic carbocycles. The number of hydrogen-bond donors (Lipinski definition) is 1. The molecule has 1 N–H and O–H groups in total. The first-order valence-electron chi connectivity index (χ1n) is 8.00. The smallest absolute Gasteiger partial charge is 0.230 e. The lowest BCUT2D eigenvalue weighted by Crippen LogP contribution is -2.29. The lowest BCUT2D eigenvalue weighted by molar-refractivity contribution is -0.115. The van der Waals surface area contributed by atoms with Crippen LogP contribution in [0.3, 0.4) is 0 Å². The van der Waals surface area contributed by atoms with E-state index >= 15 is 0 Å². The minimum Gasteiger partial charge on any atom is -0.361 e. The molecule has 1 fully saturated rings. The third-order valence-electron chi connectivity index (χ3n) is 4.15. The molecule has 1 saturated heterocycles. The summed E-state index contributed by atoms with van der Waals surface area (Å²) in [7, 11) is 0. The molecule has 0 radical (unpaired) electrons. The van der Waals surface area contributed by atoms with E-state index in [1.807, 2.05) is 19.2 Å². The zero-order valence-corrected chi connectivity index (χ0v) is 14.4. The van der Waals surface area contributed by atoms with E-state index in [9.17, 15) is 4.79 Å². The summed E-state index contributed by atoms with van der Waals surface area (Å²) in [6, 6.07) is 0. The molecule has 0 atom stereocenters. The monoisotopic (exact) mass is 334 g/mol. The number of rotatable bonds is 5. The summed E-state index contributed by atoms with van der Waals surface area (Å²) >= 11 is 1.48. The van der Waals surface area contributed by atoms with E-state index in [2.05, 4.69) is 20.4 Å². The highest BCUT2D eigenvalue weighted by atomic mass is 32.1. The van der Waals surface area contributed by atoms with Crippen molar-refractivity contribution in [2.45, 2.75) is 46.1 Å². The number of nitrogens with one attached hydrogen (secondary N) is 1. The van der Waals surface area contributed by atoms with Crippen LogP contribution in [-0.4, -0.2) is 34.0 Å². The minimum atomic E-state index is -0.0849. The van der Waals surface area contributed by atoms with Crippen molar-refractivity contribution in [2.75, 3.05) is 18.4 Å². The zero-order chi connectivity index (χ0) is 16.2. The largest absolute Gasteiger partial charge is 0.361 e. The van der Waals surface area contributed by atoms with Gasteiger partial charge in [0, 0.05) is 17.5 Å². The maximum absolute atomic E-state index is 12.2. The van der Waals surface area contributed by atoms with Crippen LogP contribution in [0.5, 0.6) is 0 Å². The quantitative estimate of drug-likeness (QED) is 0.910. The summed E-state index contributed by atoms with van der Waals surface area (Å²) in [5.41, 5.74) is 2.65. The van der Waals surface area contributed by atoms with Crippen molar-refractivity contribution in [3.8, 4) is 0 Å². The number of hydrogen-bond acceptors (Lipinski definition) is 6. The van der Waals surface area contributed by atoms with E-state index in [0.29, 0.717) is 10.9 Å². The average molecular weight is 334 g/mol. The number of aromatic nitrogens is 2. The summed E-state index contributed by atoms with van der Waals surface area (Å²) in [6.45, 7) is 6.83. The van der Waals surface area contributed by atoms with Crippen molar-refractivity contribution in [3.05, 3.63) is 28.1 Å². The molecule has 2 aromatic rings. The van der Waals surface area contributed by atoms with E-state index in [0.717, 1.165) is 36.6 Å². The van der Waals surface area contributed by atoms with Crippen LogP contribution in [0.1, 0.15) is 42.0 Å². The Kier molecular flexibility index (Phi) is 5.07. The Morgan fingerprint density at radius 2 is 2.13 bits per heavy atom. The van der Waals surface area contributed by atoms with E-state index in [1.54, 1.807) is 0 Å². The van der Waals surface area contributed by atoms with Crippen molar-refractivity contribution in [1.82, 2.24) is 15.0 Å². The number of thiazole rings is 1. The number of carbonyl (C=O) groups is 1. The molecule has 2 aromatic heterocycles. The highest BCUT2D eigenvalue weighted by Crippen LogP contribution is 2.20. The lowest BCUT2D eigenvalue weighted by Gasteiger charge is -2.25. The number of carbonyl (C=O) groups excluding carboxylic acids is 1. The van der Waals surface area contributed by atoms with Gasteiger partial charge in [0.25, 0.3) is 0 Å². The van der Waals surface area contributed by atoms with Gasteiger partial charge in [-0.1, -0.05) is 11.6 Å². The summed E-state index contributed by atoms with van der Waals surface area (Å²) in [5.74, 6) is 0.612. The van der Waals surface area contributed by atoms with Gasteiger partial charge in [0.2, 0.25) is 5.91 Å². The normalized spacial score (nSPS) is 15.7. The highest BCUT2D eigenvalue weighted by molar-refractivity contribution is 7.13. The molecule has 1 amide bonds. The molecule has 0 saturated carbocycles. The van der Waals surface area contributed by atoms with E-state index in [-0.39, 0.29) is 12.3 Å². The lowest BCUT2D eigenvalue weighted by atomic mass is 10.1. The molecule has 7 heteroatoms. The van der Waals surface area contributed by atoms with Gasteiger partial charge in [0.15, 0.2) is 5.13 Å². The summed E-state index contributed by atoms with van der Waals surface area (Å²) in [4.78, 5) is 19.1. The van der Waals surface area contributed by atoms with Gasteiger partial charge in [-0.2, -0.15) is 0 Å². The number of anilines is 1. The van der Waals surface area contributed by atoms with Crippen molar-refractivity contribution in [1.29, 1.82) is 0 Å². The summed E-state index contributed by atoms with van der Waals surface area (Å²) < 4.78 is 5.09. The van der Waals surface area contributed by atoms with E-state index in [4.69, 9.17) is 4.52 Å². The number of likely N-dealkylation sites (tertiary alicyclic amines) is 1. The van der Waals surface area contributed by atoms with Crippen LogP contribution < -0.4 is 5.32 Å². The summed E-state index contributed by atoms with van der Waals surface area (Å²) in [5, 5.41) is 9.43. The zero-order valence-electron chi connectivity index (χ0n) is 13.6. The van der Waals surface area contributed by atoms with Crippen LogP contribution >= 0.6 is 11.3 Å². The molecule has 0 spiro atoms. The molecule has 6 nitrogen and oxygen atoms in total. The Morgan fingerprint density at radius 1 is 1.35 bits per heavy atom. The predicted molar refractivity (Wildman–Crippen MR) is 89.6 cm³/mol. The van der Waals surface area contributed by atoms with E-state index < -0.39 is 0 Å². The fourth-order valence-electron chi connectivity index (χ4n) is 2.86. The molecule has 3 rings (SSSR count). The molecule has 124 valence electrons. The van der Waals surface area contributed by atoms with Crippen molar-refractivity contribution in [2.24, 2.45) is 0 Å². The minimum absolute atomic E-state index is 0.0849. The molecule has 1 aliphatic heterocycles. The van der Waals surface area contributed by atoms with Crippen LogP contribution in [-0.2, 0) is 17.8 Å². The second-order valence-electron chi connectivity index (χ2n) is 6.01. The Hall–Kier alpha value is -1.73. The van der Waals surface area contributed by atoms with Crippen molar-refractivity contribution in [3.63, 3.8) is 0 Å². The SMILES string of the molecule is Cc1noc(C)c1CC(=O)Nc1nc(CN2CCCCC2)cs1. The Labute approximate surface area is 139 Å². The van der Waals surface area contributed by atoms with Gasteiger partial charge in [-0.3, -0.25) is 9.69 Å². The van der Waals surface area contributed by atoms with Crippen LogP contribution in [0.15, 0.2) is 9.90 Å². The molecule has 23 heavy (non-hydrogen) atoms. The van der Waals surface area contributed by atoms with Gasteiger partial charge in [-0.05, 0) is 39.8 Å². The Bertz CT molecular complexity index is 654. The number of piperidine rings is 1. The molecule has 3 heterocycles. The Morgan fingerprint density at radius 3 is 2.83 bits per heavy atom. The third kappa shape index (κ3) is 4.17. The highest BCUT2D eigenvalue weighted by Gasteiger charge is 2.16. The van der Waals surface area contributed by atoms with Crippen LogP contribution in [0.4, 0.5) is 5.13 Å². The molecular weight excluding hydrogens is 312 g/mol. The van der Waals surface area contributed by atoms with Gasteiger partial charge in [0.1, 0.15) is 5.76 Å². The van der Waals surface area contributed by atoms with Crippen LogP contribution in [0.2, 0.25) is 0 Å². The second kappa shape index (κ2) is 7.23. The van der Waals surface area contributed by atoms with Crippen molar-refractivity contribution < 1.29 is 9.32 Å². The number of nitrogens with zero attached hydrogens (tertiary/aromatic N) is 3. The first-order chi connectivity index (χ1) is 11.1. The summed E-state index contributed by atoms with van der Waals surface area (Å²) in [6.07, 6.45) is 4.13. The molecule has 1 aliphatic rings.